The van der Waals surface area contributed by atoms with Crippen LogP contribution >= 0.6 is 0 Å². The standard InChI is InChI=1S/C19H20NO3/c1-2-9-20-10-8-18-16-12-4-3-5-14(16)23-17(18)13(21)6-7-19(18,22)15(20)11-12/h2-4,15,17,22H,1,6-11H2/t15-,17?,18+,19-/m1/s1. The minimum atomic E-state index is -0.902. The molecule has 0 amide bonds. The molecule has 1 radical (unpaired) electrons. The number of piperidine rings is 1. The van der Waals surface area contributed by atoms with Gasteiger partial charge in [-0.25, -0.2) is 0 Å². The zero-order valence-electron chi connectivity index (χ0n) is 13.0. The predicted octanol–water partition coefficient (Wildman–Crippen LogP) is 1.40. The monoisotopic (exact) mass is 310 g/mol. The number of carbonyl (C=O) groups is 1. The average molecular weight is 310 g/mol. The fraction of sp³-hybridized carbons (Fsp3) is 0.526. The van der Waals surface area contributed by atoms with Gasteiger partial charge in [-0.2, -0.15) is 0 Å². The summed E-state index contributed by atoms with van der Waals surface area (Å²) in [5.41, 5.74) is 0.792. The number of carbonyl (C=O) groups excluding carboxylic acids is 1. The van der Waals surface area contributed by atoms with E-state index in [0.29, 0.717) is 18.6 Å². The van der Waals surface area contributed by atoms with Crippen LogP contribution in [0.2, 0.25) is 0 Å². The molecule has 1 unspecified atom stereocenters. The predicted molar refractivity (Wildman–Crippen MR) is 84.4 cm³/mol. The highest BCUT2D eigenvalue weighted by molar-refractivity contribution is 5.89. The highest BCUT2D eigenvalue weighted by Crippen LogP contribution is 2.63. The molecule has 1 aromatic rings. The van der Waals surface area contributed by atoms with Gasteiger partial charge in [0.15, 0.2) is 11.9 Å². The summed E-state index contributed by atoms with van der Waals surface area (Å²) < 4.78 is 6.05. The van der Waals surface area contributed by atoms with E-state index in [1.807, 2.05) is 12.1 Å². The van der Waals surface area contributed by atoms with Gasteiger partial charge in [0, 0.05) is 37.2 Å². The molecule has 5 rings (SSSR count). The third-order valence-corrected chi connectivity index (χ3v) is 6.56. The minimum Gasteiger partial charge on any atom is -0.481 e. The lowest BCUT2D eigenvalue weighted by atomic mass is 9.49. The molecule has 4 aliphatic rings. The summed E-state index contributed by atoms with van der Waals surface area (Å²) in [5.74, 6) is 0.819. The van der Waals surface area contributed by atoms with Gasteiger partial charge in [-0.15, -0.1) is 6.58 Å². The zero-order valence-corrected chi connectivity index (χ0v) is 13.0. The van der Waals surface area contributed by atoms with E-state index in [1.54, 1.807) is 0 Å². The van der Waals surface area contributed by atoms with E-state index in [4.69, 9.17) is 4.74 Å². The lowest BCUT2D eigenvalue weighted by Crippen LogP contribution is -2.76. The average Bonchev–Trinajstić information content (AvgIpc) is 2.88. The molecule has 4 atom stereocenters. The van der Waals surface area contributed by atoms with Crippen molar-refractivity contribution >= 4 is 5.78 Å². The van der Waals surface area contributed by atoms with Crippen molar-refractivity contribution in [2.75, 3.05) is 13.1 Å². The molecule has 1 aromatic carbocycles. The molecule has 0 aromatic heterocycles. The van der Waals surface area contributed by atoms with Gasteiger partial charge in [-0.05, 0) is 24.8 Å². The van der Waals surface area contributed by atoms with Crippen LogP contribution in [0.4, 0.5) is 0 Å². The molecule has 2 bridgehead atoms. The number of hydrogen-bond acceptors (Lipinski definition) is 4. The molecule has 23 heavy (non-hydrogen) atoms. The number of ether oxygens (including phenoxy) is 1. The van der Waals surface area contributed by atoms with Gasteiger partial charge < -0.3 is 9.84 Å². The first-order valence-corrected chi connectivity index (χ1v) is 8.42. The fourth-order valence-corrected chi connectivity index (χ4v) is 5.68. The Morgan fingerprint density at radius 1 is 1.52 bits per heavy atom. The number of aliphatic hydroxyl groups is 1. The number of likely N-dealkylation sites (tertiary alicyclic amines) is 1. The molecule has 1 N–H and O–H groups in total. The first-order chi connectivity index (χ1) is 11.1. The van der Waals surface area contributed by atoms with Crippen molar-refractivity contribution in [1.29, 1.82) is 0 Å². The first kappa shape index (κ1) is 13.8. The van der Waals surface area contributed by atoms with Gasteiger partial charge in [0.25, 0.3) is 0 Å². The Balaban J connectivity index is 1.78. The second kappa shape index (κ2) is 4.25. The van der Waals surface area contributed by atoms with Gasteiger partial charge in [0.2, 0.25) is 0 Å². The molecule has 1 saturated carbocycles. The smallest absolute Gasteiger partial charge is 0.174 e. The summed E-state index contributed by atoms with van der Waals surface area (Å²) >= 11 is 0. The molecule has 2 fully saturated rings. The van der Waals surface area contributed by atoms with Gasteiger partial charge in [-0.1, -0.05) is 18.2 Å². The molecule has 2 aliphatic carbocycles. The molecular formula is C19H20NO3. The Morgan fingerprint density at radius 3 is 3.22 bits per heavy atom. The maximum absolute atomic E-state index is 12.6. The summed E-state index contributed by atoms with van der Waals surface area (Å²) in [6, 6.07) is 7.14. The lowest BCUT2D eigenvalue weighted by molar-refractivity contribution is -0.187. The molecular weight excluding hydrogens is 290 g/mol. The Kier molecular flexibility index (Phi) is 2.54. The fourth-order valence-electron chi connectivity index (χ4n) is 5.68. The van der Waals surface area contributed by atoms with Crippen LogP contribution in [0, 0.1) is 6.07 Å². The van der Waals surface area contributed by atoms with Crippen molar-refractivity contribution in [3.63, 3.8) is 0 Å². The molecule has 1 spiro atoms. The van der Waals surface area contributed by atoms with Crippen LogP contribution in [0.3, 0.4) is 0 Å². The van der Waals surface area contributed by atoms with Crippen molar-refractivity contribution in [2.24, 2.45) is 0 Å². The van der Waals surface area contributed by atoms with Crippen LogP contribution in [0.25, 0.3) is 0 Å². The molecule has 4 heteroatoms. The van der Waals surface area contributed by atoms with Gasteiger partial charge in [-0.3, -0.25) is 9.69 Å². The number of nitrogens with zero attached hydrogens (tertiary/aromatic N) is 1. The van der Waals surface area contributed by atoms with E-state index in [0.717, 1.165) is 31.5 Å². The first-order valence-electron chi connectivity index (χ1n) is 8.42. The number of ketones is 1. The van der Waals surface area contributed by atoms with Crippen molar-refractivity contribution in [3.8, 4) is 5.75 Å². The van der Waals surface area contributed by atoms with E-state index in [2.05, 4.69) is 23.6 Å². The van der Waals surface area contributed by atoms with E-state index in [1.165, 1.54) is 5.56 Å². The Bertz CT molecular complexity index is 729. The van der Waals surface area contributed by atoms with Crippen LogP contribution in [-0.4, -0.2) is 46.6 Å². The molecule has 119 valence electrons. The SMILES string of the molecule is C=CCN1CC[C@@]23c4c5[c]ccc4C[C@@H]1[C@]2(O)CCC(=O)C3O5. The molecule has 4 nitrogen and oxygen atoms in total. The minimum absolute atomic E-state index is 0.0225. The molecule has 1 saturated heterocycles. The molecule has 2 heterocycles. The molecule has 2 aliphatic heterocycles. The van der Waals surface area contributed by atoms with Crippen LogP contribution in [0.5, 0.6) is 5.75 Å². The second-order valence-electron chi connectivity index (χ2n) is 7.32. The van der Waals surface area contributed by atoms with Crippen molar-refractivity contribution in [2.45, 2.75) is 48.8 Å². The Morgan fingerprint density at radius 2 is 2.39 bits per heavy atom. The number of rotatable bonds is 2. The quantitative estimate of drug-likeness (QED) is 0.839. The van der Waals surface area contributed by atoms with Crippen LogP contribution in [-0.2, 0) is 16.6 Å². The summed E-state index contributed by atoms with van der Waals surface area (Å²) in [7, 11) is 0. The van der Waals surface area contributed by atoms with E-state index in [-0.39, 0.29) is 11.8 Å². The van der Waals surface area contributed by atoms with E-state index < -0.39 is 17.1 Å². The zero-order chi connectivity index (χ0) is 15.8. The van der Waals surface area contributed by atoms with Crippen molar-refractivity contribution < 1.29 is 14.6 Å². The summed E-state index contributed by atoms with van der Waals surface area (Å²) in [6.07, 6.45) is 3.83. The van der Waals surface area contributed by atoms with Gasteiger partial charge in [0.05, 0.1) is 11.0 Å². The Labute approximate surface area is 135 Å². The lowest BCUT2D eigenvalue weighted by Gasteiger charge is -2.62. The number of hydrogen-bond donors (Lipinski definition) is 1. The number of benzene rings is 1. The number of Topliss-reactive ketones (excluding diaryl/α,β-unsaturated/α-hetero) is 1. The van der Waals surface area contributed by atoms with Crippen LogP contribution in [0.15, 0.2) is 24.8 Å². The summed E-state index contributed by atoms with van der Waals surface area (Å²) in [5, 5.41) is 11.8. The largest absolute Gasteiger partial charge is 0.481 e. The van der Waals surface area contributed by atoms with Crippen LogP contribution < -0.4 is 4.74 Å². The normalized spacial score (nSPS) is 40.5. The van der Waals surface area contributed by atoms with E-state index >= 15 is 0 Å². The second-order valence-corrected chi connectivity index (χ2v) is 7.32. The van der Waals surface area contributed by atoms with Gasteiger partial charge >= 0.3 is 0 Å². The van der Waals surface area contributed by atoms with Gasteiger partial charge in [0.1, 0.15) is 5.75 Å². The maximum Gasteiger partial charge on any atom is 0.174 e. The van der Waals surface area contributed by atoms with Crippen LogP contribution in [0.1, 0.15) is 30.4 Å². The third-order valence-electron chi connectivity index (χ3n) is 6.56. The van der Waals surface area contributed by atoms with E-state index in [9.17, 15) is 9.90 Å². The summed E-state index contributed by atoms with van der Waals surface area (Å²) in [6.45, 7) is 5.49. The highest BCUT2D eigenvalue weighted by Gasteiger charge is 2.72. The highest BCUT2D eigenvalue weighted by atomic mass is 16.5. The topological polar surface area (TPSA) is 49.8 Å². The maximum atomic E-state index is 12.6. The third kappa shape index (κ3) is 1.38. The van der Waals surface area contributed by atoms with Crippen molar-refractivity contribution in [3.05, 3.63) is 42.0 Å². The summed E-state index contributed by atoms with van der Waals surface area (Å²) in [4.78, 5) is 14.9. The van der Waals surface area contributed by atoms with Crippen molar-refractivity contribution in [1.82, 2.24) is 4.90 Å². The Hall–Kier alpha value is -1.65.